The Labute approximate surface area is 124 Å². The van der Waals surface area contributed by atoms with Crippen LogP contribution in [0.4, 0.5) is 0 Å². The van der Waals surface area contributed by atoms with Gasteiger partial charge in [0, 0.05) is 31.1 Å². The second-order valence-electron chi connectivity index (χ2n) is 5.36. The molecule has 0 bridgehead atoms. The zero-order valence-electron chi connectivity index (χ0n) is 11.7. The molecule has 1 atom stereocenters. The van der Waals surface area contributed by atoms with Gasteiger partial charge >= 0.3 is 5.97 Å². The molecule has 0 amide bonds. The van der Waals surface area contributed by atoms with Crippen molar-refractivity contribution in [2.24, 2.45) is 0 Å². The van der Waals surface area contributed by atoms with E-state index in [1.165, 1.54) is 20.4 Å². The molecule has 0 spiro atoms. The van der Waals surface area contributed by atoms with E-state index in [1.54, 1.807) is 7.05 Å². The number of carboxylic acids is 1. The van der Waals surface area contributed by atoms with Gasteiger partial charge in [-0.3, -0.25) is 4.79 Å². The van der Waals surface area contributed by atoms with Crippen molar-refractivity contribution in [3.8, 4) is 0 Å². The Morgan fingerprint density at radius 1 is 1.30 bits per heavy atom. The second kappa shape index (κ2) is 6.64. The van der Waals surface area contributed by atoms with Gasteiger partial charge in [0.15, 0.2) is 0 Å². The Hall–Kier alpha value is -0.310. The molecule has 116 valence electrons. The fourth-order valence-electron chi connectivity index (χ4n) is 2.86. The van der Waals surface area contributed by atoms with Gasteiger partial charge in [0.1, 0.15) is 6.04 Å². The molecule has 1 aliphatic heterocycles. The van der Waals surface area contributed by atoms with Gasteiger partial charge in [-0.1, -0.05) is 19.3 Å². The first-order valence-electron chi connectivity index (χ1n) is 7.00. The average molecular weight is 322 g/mol. The Balaban J connectivity index is 2.16. The van der Waals surface area contributed by atoms with Crippen LogP contribution in [-0.4, -0.2) is 65.3 Å². The van der Waals surface area contributed by atoms with Gasteiger partial charge < -0.3 is 5.11 Å². The predicted octanol–water partition coefficient (Wildman–Crippen LogP) is 0.998. The van der Waals surface area contributed by atoms with Gasteiger partial charge in [0.2, 0.25) is 0 Å². The van der Waals surface area contributed by atoms with Crippen molar-refractivity contribution in [3.63, 3.8) is 0 Å². The third-order valence-electron chi connectivity index (χ3n) is 4.11. The van der Waals surface area contributed by atoms with Crippen LogP contribution >= 0.6 is 11.8 Å². The van der Waals surface area contributed by atoms with Crippen LogP contribution in [0.15, 0.2) is 0 Å². The van der Waals surface area contributed by atoms with Crippen LogP contribution in [0.1, 0.15) is 32.1 Å². The van der Waals surface area contributed by atoms with Gasteiger partial charge in [-0.15, -0.1) is 0 Å². The summed E-state index contributed by atoms with van der Waals surface area (Å²) in [5, 5.41) is 9.23. The molecule has 0 radical (unpaired) electrons. The Bertz CT molecular complexity index is 448. The molecule has 0 aromatic heterocycles. The molecule has 1 heterocycles. The minimum atomic E-state index is -3.68. The lowest BCUT2D eigenvalue weighted by Crippen LogP contribution is -2.56. The summed E-state index contributed by atoms with van der Waals surface area (Å²) in [5.41, 5.74) is 0. The van der Waals surface area contributed by atoms with Crippen molar-refractivity contribution in [1.29, 1.82) is 0 Å². The van der Waals surface area contributed by atoms with E-state index < -0.39 is 22.2 Å². The Kier molecular flexibility index (Phi) is 5.33. The van der Waals surface area contributed by atoms with Crippen molar-refractivity contribution in [2.75, 3.05) is 25.1 Å². The summed E-state index contributed by atoms with van der Waals surface area (Å²) < 4.78 is 27.9. The molecule has 1 saturated carbocycles. The van der Waals surface area contributed by atoms with E-state index in [-0.39, 0.29) is 12.6 Å². The lowest BCUT2D eigenvalue weighted by Gasteiger charge is -2.38. The summed E-state index contributed by atoms with van der Waals surface area (Å²) in [7, 11) is -2.09. The van der Waals surface area contributed by atoms with Gasteiger partial charge in [0.25, 0.3) is 10.2 Å². The van der Waals surface area contributed by atoms with E-state index in [9.17, 15) is 18.3 Å². The van der Waals surface area contributed by atoms with E-state index in [0.29, 0.717) is 11.5 Å². The van der Waals surface area contributed by atoms with Crippen LogP contribution in [0.2, 0.25) is 0 Å². The number of carboxylic acid groups (broad SMARTS) is 1. The smallest absolute Gasteiger partial charge is 0.322 e. The largest absolute Gasteiger partial charge is 0.480 e. The maximum absolute atomic E-state index is 12.7. The van der Waals surface area contributed by atoms with E-state index in [0.717, 1.165) is 32.1 Å². The summed E-state index contributed by atoms with van der Waals surface area (Å²) in [6.45, 7) is 0.279. The summed E-state index contributed by atoms with van der Waals surface area (Å²) in [4.78, 5) is 11.3. The fourth-order valence-corrected chi connectivity index (χ4v) is 5.83. The standard InChI is InChI=1S/C12H22N2O4S2/c1-13(10-5-3-2-4-6-10)20(17,18)14-7-8-19-9-11(14)12(15)16/h10-11H,2-9H2,1H3,(H,15,16). The van der Waals surface area contributed by atoms with Crippen LogP contribution in [0.3, 0.4) is 0 Å². The van der Waals surface area contributed by atoms with Crippen molar-refractivity contribution >= 4 is 27.9 Å². The van der Waals surface area contributed by atoms with Gasteiger partial charge in [-0.05, 0) is 12.8 Å². The van der Waals surface area contributed by atoms with E-state index in [2.05, 4.69) is 0 Å². The average Bonchev–Trinajstić information content (AvgIpc) is 2.47. The topological polar surface area (TPSA) is 77.9 Å². The quantitative estimate of drug-likeness (QED) is 0.835. The first kappa shape index (κ1) is 16.1. The summed E-state index contributed by atoms with van der Waals surface area (Å²) in [6.07, 6.45) is 4.99. The molecule has 0 aromatic rings. The monoisotopic (exact) mass is 322 g/mol. The molecule has 2 aliphatic rings. The lowest BCUT2D eigenvalue weighted by atomic mass is 9.96. The number of hydrogen-bond acceptors (Lipinski definition) is 4. The maximum Gasteiger partial charge on any atom is 0.322 e. The molecule has 2 fully saturated rings. The minimum Gasteiger partial charge on any atom is -0.480 e. The highest BCUT2D eigenvalue weighted by Crippen LogP contribution is 2.27. The molecular formula is C12H22N2O4S2. The normalized spacial score (nSPS) is 26.8. The summed E-state index contributed by atoms with van der Waals surface area (Å²) in [6, 6.07) is -0.928. The number of hydrogen-bond donors (Lipinski definition) is 1. The third-order valence-corrected chi connectivity index (χ3v) is 7.19. The molecular weight excluding hydrogens is 300 g/mol. The predicted molar refractivity (Wildman–Crippen MR) is 79.0 cm³/mol. The van der Waals surface area contributed by atoms with Crippen LogP contribution in [-0.2, 0) is 15.0 Å². The zero-order valence-corrected chi connectivity index (χ0v) is 13.3. The lowest BCUT2D eigenvalue weighted by molar-refractivity contribution is -0.140. The maximum atomic E-state index is 12.7. The Morgan fingerprint density at radius 2 is 1.95 bits per heavy atom. The highest BCUT2D eigenvalue weighted by atomic mass is 32.2. The minimum absolute atomic E-state index is 0.0118. The van der Waals surface area contributed by atoms with Crippen LogP contribution < -0.4 is 0 Å². The molecule has 8 heteroatoms. The number of rotatable bonds is 4. The summed E-state index contributed by atoms with van der Waals surface area (Å²) in [5.74, 6) is -0.0768. The first-order valence-corrected chi connectivity index (χ1v) is 9.55. The van der Waals surface area contributed by atoms with Crippen LogP contribution in [0.5, 0.6) is 0 Å². The number of carbonyl (C=O) groups is 1. The van der Waals surface area contributed by atoms with Crippen LogP contribution in [0.25, 0.3) is 0 Å². The molecule has 6 nitrogen and oxygen atoms in total. The number of aliphatic carboxylic acids is 1. The van der Waals surface area contributed by atoms with Gasteiger partial charge in [-0.25, -0.2) is 0 Å². The third kappa shape index (κ3) is 3.29. The number of nitrogens with zero attached hydrogens (tertiary/aromatic N) is 2. The molecule has 1 unspecified atom stereocenters. The highest BCUT2D eigenvalue weighted by Gasteiger charge is 2.41. The molecule has 0 aromatic carbocycles. The highest BCUT2D eigenvalue weighted by molar-refractivity contribution is 7.99. The van der Waals surface area contributed by atoms with Gasteiger partial charge in [-0.2, -0.15) is 28.8 Å². The van der Waals surface area contributed by atoms with E-state index in [4.69, 9.17) is 0 Å². The van der Waals surface area contributed by atoms with E-state index in [1.807, 2.05) is 0 Å². The molecule has 20 heavy (non-hydrogen) atoms. The van der Waals surface area contributed by atoms with Crippen LogP contribution in [0, 0.1) is 0 Å². The van der Waals surface area contributed by atoms with Gasteiger partial charge in [0.05, 0.1) is 0 Å². The molecule has 1 N–H and O–H groups in total. The second-order valence-corrected chi connectivity index (χ2v) is 8.45. The molecule has 2 rings (SSSR count). The van der Waals surface area contributed by atoms with Crippen molar-refractivity contribution < 1.29 is 18.3 Å². The van der Waals surface area contributed by atoms with Crippen molar-refractivity contribution in [2.45, 2.75) is 44.2 Å². The Morgan fingerprint density at radius 3 is 2.55 bits per heavy atom. The molecule has 1 saturated heterocycles. The SMILES string of the molecule is CN(C1CCCCC1)S(=O)(=O)N1CCSCC1C(=O)O. The first-order chi connectivity index (χ1) is 9.44. The fraction of sp³-hybridized carbons (Fsp3) is 0.917. The summed E-state index contributed by atoms with van der Waals surface area (Å²) >= 11 is 1.49. The zero-order chi connectivity index (χ0) is 14.8. The van der Waals surface area contributed by atoms with Crippen molar-refractivity contribution in [1.82, 2.24) is 8.61 Å². The molecule has 1 aliphatic carbocycles. The van der Waals surface area contributed by atoms with E-state index >= 15 is 0 Å². The van der Waals surface area contributed by atoms with Crippen molar-refractivity contribution in [3.05, 3.63) is 0 Å². The number of thioether (sulfide) groups is 1.